The van der Waals surface area contributed by atoms with Crippen molar-refractivity contribution in [2.45, 2.75) is 39.8 Å². The van der Waals surface area contributed by atoms with Crippen molar-refractivity contribution in [2.75, 3.05) is 0 Å². The van der Waals surface area contributed by atoms with E-state index in [1.165, 1.54) is 24.3 Å². The van der Waals surface area contributed by atoms with Gasteiger partial charge >= 0.3 is 0 Å². The maximum atomic E-state index is 14.2. The van der Waals surface area contributed by atoms with Crippen LogP contribution in [0.3, 0.4) is 0 Å². The molecule has 0 saturated carbocycles. The predicted molar refractivity (Wildman–Crippen MR) is 133 cm³/mol. The number of nitrogens with zero attached hydrogens (tertiary/aromatic N) is 2. The van der Waals surface area contributed by atoms with E-state index in [-0.39, 0.29) is 16.7 Å². The second-order valence-electron chi connectivity index (χ2n) is 9.51. The summed E-state index contributed by atoms with van der Waals surface area (Å²) in [6, 6.07) is 15.2. The first-order valence-corrected chi connectivity index (χ1v) is 11.6. The van der Waals surface area contributed by atoms with Gasteiger partial charge in [-0.2, -0.15) is 5.10 Å². The van der Waals surface area contributed by atoms with Crippen LogP contribution in [0.15, 0.2) is 66.9 Å². The molecule has 1 amide bonds. The molecule has 0 radical (unpaired) electrons. The highest BCUT2D eigenvalue weighted by atomic mass is 35.5. The van der Waals surface area contributed by atoms with Gasteiger partial charge in [-0.15, -0.1) is 0 Å². The summed E-state index contributed by atoms with van der Waals surface area (Å²) in [7, 11) is 0. The summed E-state index contributed by atoms with van der Waals surface area (Å²) in [5.41, 5.74) is 1.43. The van der Waals surface area contributed by atoms with E-state index in [1.807, 2.05) is 32.9 Å². The molecule has 1 heterocycles. The molecule has 5 nitrogen and oxygen atoms in total. The molecule has 1 aromatic heterocycles. The zero-order valence-electron chi connectivity index (χ0n) is 19.9. The van der Waals surface area contributed by atoms with Gasteiger partial charge in [-0.25, -0.2) is 13.5 Å². The van der Waals surface area contributed by atoms with Crippen molar-refractivity contribution in [3.8, 4) is 11.4 Å². The summed E-state index contributed by atoms with van der Waals surface area (Å²) >= 11 is 6.11. The summed E-state index contributed by atoms with van der Waals surface area (Å²) in [6.45, 7) is 7.25. The molecule has 4 aromatic rings. The maximum Gasteiger partial charge on any atom is 0.225 e. The molecule has 2 atom stereocenters. The molecule has 1 N–H and O–H groups in total. The average molecular weight is 498 g/mol. The summed E-state index contributed by atoms with van der Waals surface area (Å²) in [5, 5.41) is 8.42. The van der Waals surface area contributed by atoms with E-state index in [2.05, 4.69) is 10.4 Å². The largest absolute Gasteiger partial charge is 0.484 e. The van der Waals surface area contributed by atoms with Crippen LogP contribution in [-0.4, -0.2) is 21.7 Å². The standard InChI is InChI=1S/C27H26ClF2N3O2/c1-16(32-26(34)27(2,3)4)25(17-11-19(28)14-21(30)12-17)35-23-9-10-24-18(13-23)15-31-33(24)22-7-5-20(29)6-8-22/h5-16,25H,1-4H3,(H,32,34). The fourth-order valence-corrected chi connectivity index (χ4v) is 3.95. The fourth-order valence-electron chi connectivity index (χ4n) is 3.72. The van der Waals surface area contributed by atoms with Crippen LogP contribution in [0.4, 0.5) is 8.78 Å². The van der Waals surface area contributed by atoms with Crippen LogP contribution >= 0.6 is 11.6 Å². The molecule has 2 unspecified atom stereocenters. The van der Waals surface area contributed by atoms with Crippen molar-refractivity contribution in [1.29, 1.82) is 0 Å². The number of hydrogen-bond acceptors (Lipinski definition) is 3. The Bertz CT molecular complexity index is 1340. The van der Waals surface area contributed by atoms with Gasteiger partial charge in [0.05, 0.1) is 23.4 Å². The maximum absolute atomic E-state index is 14.2. The summed E-state index contributed by atoms with van der Waals surface area (Å²) in [5.74, 6) is -0.459. The SMILES string of the molecule is CC(NC(=O)C(C)(C)C)C(Oc1ccc2c(cnn2-c2ccc(F)cc2)c1)c1cc(F)cc(Cl)c1. The Morgan fingerprint density at radius 1 is 1.03 bits per heavy atom. The van der Waals surface area contributed by atoms with Crippen LogP contribution in [0.1, 0.15) is 39.4 Å². The van der Waals surface area contributed by atoms with Crippen LogP contribution in [0.2, 0.25) is 5.02 Å². The number of carbonyl (C=O) groups is 1. The lowest BCUT2D eigenvalue weighted by molar-refractivity contribution is -0.129. The minimum absolute atomic E-state index is 0.155. The van der Waals surface area contributed by atoms with E-state index < -0.39 is 23.4 Å². The topological polar surface area (TPSA) is 56.1 Å². The molecule has 3 aromatic carbocycles. The molecule has 0 bridgehead atoms. The monoisotopic (exact) mass is 497 g/mol. The van der Waals surface area contributed by atoms with E-state index >= 15 is 0 Å². The number of ether oxygens (including phenoxy) is 1. The third-order valence-corrected chi connectivity index (χ3v) is 5.80. The molecule has 4 rings (SSSR count). The second-order valence-corrected chi connectivity index (χ2v) is 9.94. The van der Waals surface area contributed by atoms with E-state index in [4.69, 9.17) is 16.3 Å². The number of carbonyl (C=O) groups excluding carboxylic acids is 1. The Kier molecular flexibility index (Phi) is 6.81. The van der Waals surface area contributed by atoms with E-state index in [0.717, 1.165) is 16.6 Å². The molecular formula is C27H26ClF2N3O2. The van der Waals surface area contributed by atoms with Gasteiger partial charge in [-0.05, 0) is 73.2 Å². The highest BCUT2D eigenvalue weighted by Crippen LogP contribution is 2.31. The van der Waals surface area contributed by atoms with Crippen molar-refractivity contribution in [2.24, 2.45) is 5.41 Å². The minimum atomic E-state index is -0.709. The van der Waals surface area contributed by atoms with Gasteiger partial charge < -0.3 is 10.1 Å². The summed E-state index contributed by atoms with van der Waals surface area (Å²) in [4.78, 5) is 12.6. The molecule has 0 aliphatic rings. The third kappa shape index (κ3) is 5.62. The quantitative estimate of drug-likeness (QED) is 0.325. The van der Waals surface area contributed by atoms with Gasteiger partial charge in [0.2, 0.25) is 5.91 Å². The predicted octanol–water partition coefficient (Wildman–Crippen LogP) is 6.63. The lowest BCUT2D eigenvalue weighted by Crippen LogP contribution is -2.44. The Labute approximate surface area is 207 Å². The average Bonchev–Trinajstić information content (AvgIpc) is 3.19. The van der Waals surface area contributed by atoms with Gasteiger partial charge in [-0.3, -0.25) is 4.79 Å². The number of halogens is 3. The van der Waals surface area contributed by atoms with Crippen molar-refractivity contribution in [1.82, 2.24) is 15.1 Å². The number of nitrogens with one attached hydrogen (secondary N) is 1. The lowest BCUT2D eigenvalue weighted by atomic mass is 9.94. The molecule has 0 fully saturated rings. The zero-order valence-corrected chi connectivity index (χ0v) is 20.6. The normalized spacial score (nSPS) is 13.5. The first-order valence-electron chi connectivity index (χ1n) is 11.2. The number of rotatable bonds is 6. The Morgan fingerprint density at radius 2 is 1.74 bits per heavy atom. The molecule has 182 valence electrons. The molecule has 0 aliphatic carbocycles. The van der Waals surface area contributed by atoms with Crippen LogP contribution in [0.25, 0.3) is 16.6 Å². The van der Waals surface area contributed by atoms with Gasteiger partial charge in [0.15, 0.2) is 0 Å². The zero-order chi connectivity index (χ0) is 25.3. The van der Waals surface area contributed by atoms with Crippen molar-refractivity contribution in [3.63, 3.8) is 0 Å². The Hall–Kier alpha value is -3.45. The van der Waals surface area contributed by atoms with Crippen molar-refractivity contribution in [3.05, 3.63) is 89.1 Å². The van der Waals surface area contributed by atoms with Crippen LogP contribution in [0.5, 0.6) is 5.75 Å². The fraction of sp³-hybridized carbons (Fsp3) is 0.259. The minimum Gasteiger partial charge on any atom is -0.484 e. The Balaban J connectivity index is 1.67. The van der Waals surface area contributed by atoms with E-state index in [1.54, 1.807) is 42.1 Å². The molecular weight excluding hydrogens is 472 g/mol. The highest BCUT2D eigenvalue weighted by Gasteiger charge is 2.29. The number of fused-ring (bicyclic) bond motifs is 1. The van der Waals surface area contributed by atoms with Gasteiger partial charge in [-0.1, -0.05) is 32.4 Å². The smallest absolute Gasteiger partial charge is 0.225 e. The number of hydrogen-bond donors (Lipinski definition) is 1. The first kappa shape index (κ1) is 24.7. The van der Waals surface area contributed by atoms with E-state index in [0.29, 0.717) is 11.3 Å². The highest BCUT2D eigenvalue weighted by molar-refractivity contribution is 6.30. The molecule has 8 heteroatoms. The third-order valence-electron chi connectivity index (χ3n) is 5.58. The molecule has 35 heavy (non-hydrogen) atoms. The molecule has 0 spiro atoms. The number of amides is 1. The van der Waals surface area contributed by atoms with Crippen molar-refractivity contribution >= 4 is 28.4 Å². The second kappa shape index (κ2) is 9.66. The van der Waals surface area contributed by atoms with E-state index in [9.17, 15) is 13.6 Å². The first-order chi connectivity index (χ1) is 16.5. The molecule has 0 saturated heterocycles. The summed E-state index contributed by atoms with van der Waals surface area (Å²) < 4.78 is 35.5. The number of benzene rings is 3. The summed E-state index contributed by atoms with van der Waals surface area (Å²) in [6.07, 6.45) is 0.976. The molecule has 0 aliphatic heterocycles. The lowest BCUT2D eigenvalue weighted by Gasteiger charge is -2.29. The van der Waals surface area contributed by atoms with Crippen LogP contribution in [0, 0.1) is 17.0 Å². The van der Waals surface area contributed by atoms with Gasteiger partial charge in [0.25, 0.3) is 0 Å². The van der Waals surface area contributed by atoms with Crippen LogP contribution < -0.4 is 10.1 Å². The Morgan fingerprint density at radius 3 is 2.40 bits per heavy atom. The number of aromatic nitrogens is 2. The van der Waals surface area contributed by atoms with Gasteiger partial charge in [0, 0.05) is 15.8 Å². The van der Waals surface area contributed by atoms with Crippen LogP contribution in [-0.2, 0) is 4.79 Å². The van der Waals surface area contributed by atoms with Crippen molar-refractivity contribution < 1.29 is 18.3 Å². The van der Waals surface area contributed by atoms with Gasteiger partial charge in [0.1, 0.15) is 23.5 Å².